The average molecular weight is 302 g/mol. The predicted octanol–water partition coefficient (Wildman–Crippen LogP) is 1.75. The largest absolute Gasteiger partial charge is 0.394 e. The Balaban J connectivity index is 2.11. The zero-order valence-electron chi connectivity index (χ0n) is 12.3. The second-order valence-electron chi connectivity index (χ2n) is 5.28. The summed E-state index contributed by atoms with van der Waals surface area (Å²) in [5.41, 5.74) is 1.69. The van der Waals surface area contributed by atoms with Crippen molar-refractivity contribution >= 4 is 11.6 Å². The number of aromatic nitrogens is 2. The van der Waals surface area contributed by atoms with Crippen LogP contribution < -0.4 is 5.32 Å². The fourth-order valence-corrected chi connectivity index (χ4v) is 2.95. The van der Waals surface area contributed by atoms with Crippen molar-refractivity contribution in [3.63, 3.8) is 0 Å². The summed E-state index contributed by atoms with van der Waals surface area (Å²) in [5, 5.41) is 18.4. The molecule has 0 atom stereocenters. The van der Waals surface area contributed by atoms with E-state index in [0.29, 0.717) is 19.8 Å². The van der Waals surface area contributed by atoms with Gasteiger partial charge in [-0.05, 0) is 26.2 Å². The number of aryl methyl sites for hydroxylation is 2. The van der Waals surface area contributed by atoms with Gasteiger partial charge in [-0.1, -0.05) is 18.5 Å². The number of aliphatic hydroxyl groups is 1. The smallest absolute Gasteiger partial charge is 0.0863 e. The fourth-order valence-electron chi connectivity index (χ4n) is 2.61. The molecular weight excluding hydrogens is 278 g/mol. The van der Waals surface area contributed by atoms with E-state index in [0.717, 1.165) is 42.2 Å². The molecule has 0 aromatic carbocycles. The number of halogens is 1. The van der Waals surface area contributed by atoms with Crippen LogP contribution in [0.5, 0.6) is 0 Å². The van der Waals surface area contributed by atoms with Crippen molar-refractivity contribution in [2.45, 2.75) is 51.7 Å². The first kappa shape index (κ1) is 15.8. The lowest BCUT2D eigenvalue weighted by molar-refractivity contribution is 0.0109. The molecule has 1 aliphatic heterocycles. The Morgan fingerprint density at radius 3 is 2.65 bits per heavy atom. The highest BCUT2D eigenvalue weighted by molar-refractivity contribution is 6.31. The Morgan fingerprint density at radius 2 is 2.10 bits per heavy atom. The Hall–Kier alpha value is -0.620. The van der Waals surface area contributed by atoms with Crippen molar-refractivity contribution < 1.29 is 9.84 Å². The molecule has 0 radical (unpaired) electrons. The first-order valence-electron chi connectivity index (χ1n) is 7.33. The Labute approximate surface area is 125 Å². The highest BCUT2D eigenvalue weighted by Gasteiger charge is 2.32. The summed E-state index contributed by atoms with van der Waals surface area (Å²) in [7, 11) is 0. The van der Waals surface area contributed by atoms with Gasteiger partial charge in [-0.2, -0.15) is 5.10 Å². The van der Waals surface area contributed by atoms with Gasteiger partial charge in [0.25, 0.3) is 0 Å². The van der Waals surface area contributed by atoms with E-state index in [1.165, 1.54) is 0 Å². The molecule has 0 amide bonds. The third kappa shape index (κ3) is 3.17. The molecule has 1 fully saturated rings. The van der Waals surface area contributed by atoms with Crippen LogP contribution >= 0.6 is 11.6 Å². The summed E-state index contributed by atoms with van der Waals surface area (Å²) in [5.74, 6) is 0. The molecule has 0 spiro atoms. The topological polar surface area (TPSA) is 59.3 Å². The van der Waals surface area contributed by atoms with Crippen molar-refractivity contribution in [2.75, 3.05) is 19.8 Å². The third-order valence-corrected chi connectivity index (χ3v) is 4.51. The summed E-state index contributed by atoms with van der Waals surface area (Å²) >= 11 is 6.40. The maximum absolute atomic E-state index is 9.69. The summed E-state index contributed by atoms with van der Waals surface area (Å²) in [4.78, 5) is 0. The second kappa shape index (κ2) is 6.89. The first-order valence-corrected chi connectivity index (χ1v) is 7.71. The number of nitrogens with one attached hydrogen (secondary N) is 1. The molecule has 114 valence electrons. The van der Waals surface area contributed by atoms with Crippen LogP contribution in [0.1, 0.15) is 38.1 Å². The number of aliphatic hydroxyl groups excluding tert-OH is 1. The molecule has 0 aliphatic carbocycles. The van der Waals surface area contributed by atoms with E-state index in [1.807, 2.05) is 4.68 Å². The Morgan fingerprint density at radius 1 is 1.40 bits per heavy atom. The lowest BCUT2D eigenvalue weighted by atomic mass is 9.91. The first-order chi connectivity index (χ1) is 9.65. The van der Waals surface area contributed by atoms with Crippen molar-refractivity contribution in [3.05, 3.63) is 16.4 Å². The van der Waals surface area contributed by atoms with Crippen molar-refractivity contribution in [1.29, 1.82) is 0 Å². The lowest BCUT2D eigenvalue weighted by Gasteiger charge is -2.36. The van der Waals surface area contributed by atoms with Crippen LogP contribution in [0.15, 0.2) is 0 Å². The summed E-state index contributed by atoms with van der Waals surface area (Å²) < 4.78 is 7.32. The molecule has 2 rings (SSSR count). The monoisotopic (exact) mass is 301 g/mol. The van der Waals surface area contributed by atoms with Gasteiger partial charge in [0.05, 0.1) is 23.0 Å². The SMILES string of the molecule is CCc1nn(CC)c(CNC2(CO)CCOCC2)c1Cl. The van der Waals surface area contributed by atoms with E-state index in [2.05, 4.69) is 24.3 Å². The summed E-state index contributed by atoms with van der Waals surface area (Å²) in [6.07, 6.45) is 2.47. The third-order valence-electron chi connectivity index (χ3n) is 4.08. The highest BCUT2D eigenvalue weighted by Crippen LogP contribution is 2.25. The van der Waals surface area contributed by atoms with Crippen LogP contribution in [0, 0.1) is 0 Å². The van der Waals surface area contributed by atoms with Crippen molar-refractivity contribution in [1.82, 2.24) is 15.1 Å². The zero-order valence-corrected chi connectivity index (χ0v) is 13.0. The number of nitrogens with zero attached hydrogens (tertiary/aromatic N) is 2. The van der Waals surface area contributed by atoms with E-state index >= 15 is 0 Å². The van der Waals surface area contributed by atoms with Crippen LogP contribution in [0.25, 0.3) is 0 Å². The predicted molar refractivity (Wildman–Crippen MR) is 79.0 cm³/mol. The normalized spacial score (nSPS) is 18.4. The van der Waals surface area contributed by atoms with Crippen molar-refractivity contribution in [2.24, 2.45) is 0 Å². The van der Waals surface area contributed by atoms with Gasteiger partial charge in [-0.3, -0.25) is 4.68 Å². The molecule has 1 saturated heterocycles. The number of hydrogen-bond acceptors (Lipinski definition) is 4. The molecule has 0 unspecified atom stereocenters. The highest BCUT2D eigenvalue weighted by atomic mass is 35.5. The Kier molecular flexibility index (Phi) is 5.43. The van der Waals surface area contributed by atoms with Crippen LogP contribution in [-0.2, 0) is 24.2 Å². The molecule has 1 aliphatic rings. The number of rotatable bonds is 6. The Bertz CT molecular complexity index is 442. The van der Waals surface area contributed by atoms with Gasteiger partial charge in [-0.15, -0.1) is 0 Å². The number of ether oxygens (including phenoxy) is 1. The maximum Gasteiger partial charge on any atom is 0.0863 e. The van der Waals surface area contributed by atoms with Crippen LogP contribution in [0.2, 0.25) is 5.02 Å². The minimum absolute atomic E-state index is 0.120. The molecule has 0 saturated carbocycles. The van der Waals surface area contributed by atoms with Gasteiger partial charge in [0.15, 0.2) is 0 Å². The minimum atomic E-state index is -0.253. The van der Waals surface area contributed by atoms with Gasteiger partial charge < -0.3 is 15.2 Å². The van der Waals surface area contributed by atoms with Gasteiger partial charge in [0.2, 0.25) is 0 Å². The molecule has 20 heavy (non-hydrogen) atoms. The van der Waals surface area contributed by atoms with E-state index in [4.69, 9.17) is 16.3 Å². The van der Waals surface area contributed by atoms with Crippen LogP contribution in [0.4, 0.5) is 0 Å². The molecule has 6 heteroatoms. The molecule has 0 bridgehead atoms. The van der Waals surface area contributed by atoms with E-state index in [-0.39, 0.29) is 12.1 Å². The average Bonchev–Trinajstić information content (AvgIpc) is 2.81. The van der Waals surface area contributed by atoms with E-state index in [9.17, 15) is 5.11 Å². The quantitative estimate of drug-likeness (QED) is 0.840. The second-order valence-corrected chi connectivity index (χ2v) is 5.66. The molecule has 2 heterocycles. The molecule has 2 N–H and O–H groups in total. The standard InChI is InChI=1S/C14H24ClN3O2/c1-3-11-13(15)12(18(4-2)17-11)9-16-14(10-19)5-7-20-8-6-14/h16,19H,3-10H2,1-2H3. The maximum atomic E-state index is 9.69. The molecule has 5 nitrogen and oxygen atoms in total. The van der Waals surface area contributed by atoms with Gasteiger partial charge in [-0.25, -0.2) is 0 Å². The zero-order chi connectivity index (χ0) is 14.6. The number of hydrogen-bond donors (Lipinski definition) is 2. The minimum Gasteiger partial charge on any atom is -0.394 e. The van der Waals surface area contributed by atoms with Crippen LogP contribution in [0.3, 0.4) is 0 Å². The molecular formula is C14H24ClN3O2. The molecule has 1 aromatic rings. The van der Waals surface area contributed by atoms with Crippen LogP contribution in [-0.4, -0.2) is 40.2 Å². The lowest BCUT2D eigenvalue weighted by Crippen LogP contribution is -2.52. The van der Waals surface area contributed by atoms with E-state index < -0.39 is 0 Å². The molecule has 1 aromatic heterocycles. The summed E-state index contributed by atoms with van der Waals surface area (Å²) in [6, 6.07) is 0. The fraction of sp³-hybridized carbons (Fsp3) is 0.786. The van der Waals surface area contributed by atoms with Crippen molar-refractivity contribution in [3.8, 4) is 0 Å². The van der Waals surface area contributed by atoms with Gasteiger partial charge >= 0.3 is 0 Å². The van der Waals surface area contributed by atoms with Gasteiger partial charge in [0, 0.05) is 31.8 Å². The van der Waals surface area contributed by atoms with E-state index in [1.54, 1.807) is 0 Å². The van der Waals surface area contributed by atoms with Gasteiger partial charge in [0.1, 0.15) is 0 Å². The summed E-state index contributed by atoms with van der Waals surface area (Å²) in [6.45, 7) is 7.03.